The van der Waals surface area contributed by atoms with E-state index < -0.39 is 10.0 Å². The standard InChI is InChI=1S/C13H17BrN2O2S/c1-4-8-16(5-2)19(17,18)13-9-11(10-15-3)6-7-12(13)14/h1,6-7,9,15H,5,8,10H2,2-3H3. The van der Waals surface area contributed by atoms with Gasteiger partial charge < -0.3 is 5.32 Å². The van der Waals surface area contributed by atoms with Crippen LogP contribution in [0.25, 0.3) is 0 Å². The highest BCUT2D eigenvalue weighted by Crippen LogP contribution is 2.26. The van der Waals surface area contributed by atoms with Crippen LogP contribution in [0.4, 0.5) is 0 Å². The summed E-state index contributed by atoms with van der Waals surface area (Å²) in [4.78, 5) is 0.248. The third-order valence-electron chi connectivity index (χ3n) is 2.61. The molecule has 104 valence electrons. The fourth-order valence-corrected chi connectivity index (χ4v) is 4.00. The normalized spacial score (nSPS) is 11.5. The molecule has 0 amide bonds. The molecule has 0 aliphatic rings. The Kier molecular flexibility index (Phi) is 6.01. The molecule has 0 saturated carbocycles. The maximum absolute atomic E-state index is 12.5. The Balaban J connectivity index is 3.27. The molecule has 0 heterocycles. The van der Waals surface area contributed by atoms with Crippen molar-refractivity contribution < 1.29 is 8.42 Å². The minimum Gasteiger partial charge on any atom is -0.316 e. The first-order valence-electron chi connectivity index (χ1n) is 5.84. The van der Waals surface area contributed by atoms with Crippen LogP contribution in [0.2, 0.25) is 0 Å². The first kappa shape index (κ1) is 16.2. The van der Waals surface area contributed by atoms with Gasteiger partial charge in [0.1, 0.15) is 0 Å². The molecule has 0 aliphatic heterocycles. The molecule has 6 heteroatoms. The first-order valence-corrected chi connectivity index (χ1v) is 8.07. The number of halogens is 1. The first-order chi connectivity index (χ1) is 8.97. The number of nitrogens with zero attached hydrogens (tertiary/aromatic N) is 1. The highest BCUT2D eigenvalue weighted by molar-refractivity contribution is 9.10. The highest BCUT2D eigenvalue weighted by Gasteiger charge is 2.24. The van der Waals surface area contributed by atoms with Gasteiger partial charge in [0, 0.05) is 17.6 Å². The molecule has 0 fully saturated rings. The van der Waals surface area contributed by atoms with Crippen LogP contribution in [0.15, 0.2) is 27.6 Å². The molecule has 0 unspecified atom stereocenters. The van der Waals surface area contributed by atoms with E-state index in [0.717, 1.165) is 5.56 Å². The van der Waals surface area contributed by atoms with Crippen LogP contribution in [-0.2, 0) is 16.6 Å². The second-order valence-electron chi connectivity index (χ2n) is 3.93. The SMILES string of the molecule is C#CCN(CC)S(=O)(=O)c1cc(CNC)ccc1Br. The quantitative estimate of drug-likeness (QED) is 0.800. The van der Waals surface area contributed by atoms with E-state index in [9.17, 15) is 8.42 Å². The van der Waals surface area contributed by atoms with E-state index in [1.807, 2.05) is 13.1 Å². The minimum absolute atomic E-state index is 0.0710. The van der Waals surface area contributed by atoms with Gasteiger partial charge in [-0.15, -0.1) is 6.42 Å². The average molecular weight is 345 g/mol. The molecule has 0 radical (unpaired) electrons. The maximum atomic E-state index is 12.5. The Hall–Kier alpha value is -0.870. The largest absolute Gasteiger partial charge is 0.316 e. The van der Waals surface area contributed by atoms with Gasteiger partial charge in [0.2, 0.25) is 10.0 Å². The summed E-state index contributed by atoms with van der Waals surface area (Å²) in [5.41, 5.74) is 0.904. The molecule has 1 aromatic carbocycles. The van der Waals surface area contributed by atoms with Gasteiger partial charge >= 0.3 is 0 Å². The summed E-state index contributed by atoms with van der Waals surface area (Å²) < 4.78 is 26.8. The molecule has 1 N–H and O–H groups in total. The molecule has 19 heavy (non-hydrogen) atoms. The number of terminal acetylenes is 1. The van der Waals surface area contributed by atoms with Crippen molar-refractivity contribution in [2.24, 2.45) is 0 Å². The fraction of sp³-hybridized carbons (Fsp3) is 0.385. The molecule has 0 atom stereocenters. The van der Waals surface area contributed by atoms with Crippen LogP contribution in [0.5, 0.6) is 0 Å². The predicted octanol–water partition coefficient (Wildman–Crippen LogP) is 1.81. The van der Waals surface area contributed by atoms with Crippen molar-refractivity contribution >= 4 is 26.0 Å². The van der Waals surface area contributed by atoms with Crippen molar-refractivity contribution in [3.05, 3.63) is 28.2 Å². The Bertz CT molecular complexity index is 579. The molecule has 0 spiro atoms. The zero-order valence-corrected chi connectivity index (χ0v) is 13.4. The lowest BCUT2D eigenvalue weighted by Crippen LogP contribution is -2.31. The third kappa shape index (κ3) is 3.80. The Labute approximate surface area is 123 Å². The molecule has 0 aromatic heterocycles. The van der Waals surface area contributed by atoms with Crippen LogP contribution in [-0.4, -0.2) is 32.9 Å². The molecule has 0 aliphatic carbocycles. The van der Waals surface area contributed by atoms with E-state index in [4.69, 9.17) is 6.42 Å². The number of nitrogens with one attached hydrogen (secondary N) is 1. The van der Waals surface area contributed by atoms with E-state index >= 15 is 0 Å². The van der Waals surface area contributed by atoms with Crippen LogP contribution in [0.3, 0.4) is 0 Å². The summed E-state index contributed by atoms with van der Waals surface area (Å²) in [5, 5.41) is 2.99. The zero-order chi connectivity index (χ0) is 14.5. The molecular formula is C13H17BrN2O2S. The van der Waals surface area contributed by atoms with E-state index in [1.54, 1.807) is 19.1 Å². The lowest BCUT2D eigenvalue weighted by molar-refractivity contribution is 0.463. The van der Waals surface area contributed by atoms with Crippen LogP contribution in [0.1, 0.15) is 12.5 Å². The second-order valence-corrected chi connectivity index (χ2v) is 6.69. The van der Waals surface area contributed by atoms with Gasteiger partial charge in [-0.25, -0.2) is 8.42 Å². The Morgan fingerprint density at radius 3 is 2.68 bits per heavy atom. The fourth-order valence-electron chi connectivity index (χ4n) is 1.67. The van der Waals surface area contributed by atoms with Crippen LogP contribution < -0.4 is 5.32 Å². The average Bonchev–Trinajstić information content (AvgIpc) is 2.38. The van der Waals surface area contributed by atoms with Crippen molar-refractivity contribution in [1.29, 1.82) is 0 Å². The molecule has 4 nitrogen and oxygen atoms in total. The Morgan fingerprint density at radius 1 is 1.47 bits per heavy atom. The Morgan fingerprint density at radius 2 is 2.16 bits per heavy atom. The van der Waals surface area contributed by atoms with Crippen molar-refractivity contribution in [3.63, 3.8) is 0 Å². The van der Waals surface area contributed by atoms with Gasteiger partial charge in [-0.1, -0.05) is 18.9 Å². The summed E-state index contributed by atoms with van der Waals surface area (Å²) in [5.74, 6) is 2.37. The predicted molar refractivity (Wildman–Crippen MR) is 80.2 cm³/mol. The second kappa shape index (κ2) is 7.06. The number of hydrogen-bond donors (Lipinski definition) is 1. The molecular weight excluding hydrogens is 328 g/mol. The van der Waals surface area contributed by atoms with Gasteiger partial charge in [-0.05, 0) is 40.7 Å². The topological polar surface area (TPSA) is 49.4 Å². The zero-order valence-electron chi connectivity index (χ0n) is 11.0. The highest BCUT2D eigenvalue weighted by atomic mass is 79.9. The minimum atomic E-state index is -3.57. The monoisotopic (exact) mass is 344 g/mol. The van der Waals surface area contributed by atoms with E-state index in [1.165, 1.54) is 4.31 Å². The van der Waals surface area contributed by atoms with Crippen molar-refractivity contribution in [3.8, 4) is 12.3 Å². The number of rotatable bonds is 6. The smallest absolute Gasteiger partial charge is 0.245 e. The van der Waals surface area contributed by atoms with Crippen molar-refractivity contribution in [2.75, 3.05) is 20.1 Å². The summed E-state index contributed by atoms with van der Waals surface area (Å²) >= 11 is 3.29. The summed E-state index contributed by atoms with van der Waals surface area (Å²) in [6.45, 7) is 2.79. The van der Waals surface area contributed by atoms with Crippen LogP contribution in [0, 0.1) is 12.3 Å². The molecule has 0 bridgehead atoms. The van der Waals surface area contributed by atoms with Gasteiger partial charge in [0.05, 0.1) is 11.4 Å². The van der Waals surface area contributed by atoms with Gasteiger partial charge in [0.25, 0.3) is 0 Å². The molecule has 1 aromatic rings. The number of sulfonamides is 1. The van der Waals surface area contributed by atoms with Gasteiger partial charge in [0.15, 0.2) is 0 Å². The molecule has 0 saturated heterocycles. The van der Waals surface area contributed by atoms with E-state index in [2.05, 4.69) is 27.2 Å². The lowest BCUT2D eigenvalue weighted by atomic mass is 10.2. The molecule has 1 rings (SSSR count). The summed E-state index contributed by atoms with van der Waals surface area (Å²) in [6.07, 6.45) is 5.22. The summed E-state index contributed by atoms with van der Waals surface area (Å²) in [7, 11) is -1.76. The third-order valence-corrected chi connectivity index (χ3v) is 5.53. The van der Waals surface area contributed by atoms with Crippen molar-refractivity contribution in [1.82, 2.24) is 9.62 Å². The van der Waals surface area contributed by atoms with Gasteiger partial charge in [-0.2, -0.15) is 4.31 Å². The van der Waals surface area contributed by atoms with Crippen LogP contribution >= 0.6 is 15.9 Å². The number of benzene rings is 1. The number of hydrogen-bond acceptors (Lipinski definition) is 3. The van der Waals surface area contributed by atoms with Gasteiger partial charge in [-0.3, -0.25) is 0 Å². The maximum Gasteiger partial charge on any atom is 0.245 e. The van der Waals surface area contributed by atoms with Crippen molar-refractivity contribution in [2.45, 2.75) is 18.4 Å². The lowest BCUT2D eigenvalue weighted by Gasteiger charge is -2.19. The van der Waals surface area contributed by atoms with E-state index in [-0.39, 0.29) is 11.4 Å². The summed E-state index contributed by atoms with van der Waals surface area (Å²) in [6, 6.07) is 5.27. The van der Waals surface area contributed by atoms with E-state index in [0.29, 0.717) is 17.6 Å².